The molecule has 0 spiro atoms. The highest BCUT2D eigenvalue weighted by molar-refractivity contribution is 7.89. The Bertz CT molecular complexity index is 294. The number of rotatable bonds is 8. The van der Waals surface area contributed by atoms with E-state index in [1.54, 1.807) is 0 Å². The first-order valence-corrected chi connectivity index (χ1v) is 8.41. The number of halogens is 1. The molecule has 0 bridgehead atoms. The van der Waals surface area contributed by atoms with Gasteiger partial charge in [-0.1, -0.05) is 34.6 Å². The van der Waals surface area contributed by atoms with Gasteiger partial charge in [0.15, 0.2) is 0 Å². The van der Waals surface area contributed by atoms with Crippen molar-refractivity contribution in [3.8, 4) is 0 Å². The lowest BCUT2D eigenvalue weighted by Crippen LogP contribution is -2.36. The van der Waals surface area contributed by atoms with Gasteiger partial charge in [0.05, 0.1) is 5.75 Å². The highest BCUT2D eigenvalue weighted by Crippen LogP contribution is 2.19. The molecule has 104 valence electrons. The normalized spacial score (nSPS) is 14.9. The Morgan fingerprint density at radius 3 is 1.88 bits per heavy atom. The molecule has 0 aromatic rings. The van der Waals surface area contributed by atoms with Crippen molar-refractivity contribution >= 4 is 21.6 Å². The van der Waals surface area contributed by atoms with Gasteiger partial charge < -0.3 is 0 Å². The predicted molar refractivity (Wildman–Crippen MR) is 74.8 cm³/mol. The van der Waals surface area contributed by atoms with Crippen molar-refractivity contribution in [3.05, 3.63) is 0 Å². The number of alkyl halides is 1. The zero-order chi connectivity index (χ0) is 13.6. The van der Waals surface area contributed by atoms with Crippen molar-refractivity contribution in [2.75, 3.05) is 18.2 Å². The van der Waals surface area contributed by atoms with Crippen molar-refractivity contribution in [3.63, 3.8) is 0 Å². The SMILES string of the molecule is CC(CCl)CS(=O)(=O)NCC(C(C)C)C(C)C. The Morgan fingerprint density at radius 2 is 1.53 bits per heavy atom. The smallest absolute Gasteiger partial charge is 0.211 e. The van der Waals surface area contributed by atoms with E-state index in [0.29, 0.717) is 30.2 Å². The van der Waals surface area contributed by atoms with Crippen LogP contribution in [0.1, 0.15) is 34.6 Å². The highest BCUT2D eigenvalue weighted by Gasteiger charge is 2.21. The van der Waals surface area contributed by atoms with E-state index >= 15 is 0 Å². The van der Waals surface area contributed by atoms with Gasteiger partial charge in [0.2, 0.25) is 10.0 Å². The lowest BCUT2D eigenvalue weighted by molar-refractivity contribution is 0.289. The molecule has 0 saturated carbocycles. The molecule has 0 aromatic carbocycles. The standard InChI is InChI=1S/C12H26ClNO2S/c1-9(2)12(10(3)4)7-14-17(15,16)8-11(5)6-13/h9-12,14H,6-8H2,1-5H3. The zero-order valence-corrected chi connectivity index (χ0v) is 13.1. The second-order valence-electron chi connectivity index (χ2n) is 5.54. The molecule has 3 nitrogen and oxygen atoms in total. The number of sulfonamides is 1. The Morgan fingerprint density at radius 1 is 1.06 bits per heavy atom. The molecule has 1 N–H and O–H groups in total. The largest absolute Gasteiger partial charge is 0.215 e. The summed E-state index contributed by atoms with van der Waals surface area (Å²) in [5.41, 5.74) is 0. The lowest BCUT2D eigenvalue weighted by Gasteiger charge is -2.25. The molecule has 0 saturated heterocycles. The number of hydrogen-bond donors (Lipinski definition) is 1. The monoisotopic (exact) mass is 283 g/mol. The molecule has 0 aromatic heterocycles. The van der Waals surface area contributed by atoms with Crippen LogP contribution in [0.4, 0.5) is 0 Å². The fourth-order valence-electron chi connectivity index (χ4n) is 1.94. The maximum atomic E-state index is 11.8. The molecule has 0 aliphatic carbocycles. The van der Waals surface area contributed by atoms with Gasteiger partial charge in [-0.25, -0.2) is 13.1 Å². The van der Waals surface area contributed by atoms with Gasteiger partial charge in [-0.2, -0.15) is 0 Å². The Hall–Kier alpha value is 0.200. The molecular weight excluding hydrogens is 258 g/mol. The summed E-state index contributed by atoms with van der Waals surface area (Å²) in [6.45, 7) is 10.9. The molecule has 5 heteroatoms. The van der Waals surface area contributed by atoms with Crippen LogP contribution in [0.15, 0.2) is 0 Å². The second kappa shape index (κ2) is 7.59. The van der Waals surface area contributed by atoms with Crippen molar-refractivity contribution in [2.45, 2.75) is 34.6 Å². The van der Waals surface area contributed by atoms with Crippen LogP contribution >= 0.6 is 11.6 Å². The number of hydrogen-bond acceptors (Lipinski definition) is 2. The van der Waals surface area contributed by atoms with Crippen LogP contribution in [0.25, 0.3) is 0 Å². The predicted octanol–water partition coefficient (Wildman–Crippen LogP) is 2.71. The Balaban J connectivity index is 4.34. The molecular formula is C12H26ClNO2S. The molecule has 17 heavy (non-hydrogen) atoms. The third-order valence-electron chi connectivity index (χ3n) is 3.02. The molecule has 0 radical (unpaired) electrons. The lowest BCUT2D eigenvalue weighted by atomic mass is 9.86. The van der Waals surface area contributed by atoms with E-state index < -0.39 is 10.0 Å². The van der Waals surface area contributed by atoms with E-state index in [9.17, 15) is 8.42 Å². The first-order valence-electron chi connectivity index (χ1n) is 6.23. The summed E-state index contributed by atoms with van der Waals surface area (Å²) < 4.78 is 26.3. The summed E-state index contributed by atoms with van der Waals surface area (Å²) in [7, 11) is -3.19. The Labute approximate surface area is 111 Å². The van der Waals surface area contributed by atoms with Crippen LogP contribution in [0.2, 0.25) is 0 Å². The van der Waals surface area contributed by atoms with E-state index in [1.165, 1.54) is 0 Å². The van der Waals surface area contributed by atoms with Crippen LogP contribution in [0.5, 0.6) is 0 Å². The van der Waals surface area contributed by atoms with E-state index in [4.69, 9.17) is 11.6 Å². The van der Waals surface area contributed by atoms with Gasteiger partial charge in [-0.15, -0.1) is 11.6 Å². The van der Waals surface area contributed by atoms with Crippen molar-refractivity contribution < 1.29 is 8.42 Å². The van der Waals surface area contributed by atoms with Gasteiger partial charge in [0, 0.05) is 12.4 Å². The molecule has 0 amide bonds. The topological polar surface area (TPSA) is 46.2 Å². The highest BCUT2D eigenvalue weighted by atomic mass is 35.5. The first kappa shape index (κ1) is 17.2. The summed E-state index contributed by atoms with van der Waals surface area (Å²) in [5.74, 6) is 1.80. The molecule has 0 rings (SSSR count). The maximum absolute atomic E-state index is 11.8. The quantitative estimate of drug-likeness (QED) is 0.696. The summed E-state index contributed by atoms with van der Waals surface area (Å²) in [5, 5.41) is 0. The Kier molecular flexibility index (Phi) is 7.68. The number of nitrogens with one attached hydrogen (secondary N) is 1. The van der Waals surface area contributed by atoms with Gasteiger partial charge >= 0.3 is 0 Å². The minimum Gasteiger partial charge on any atom is -0.215 e. The maximum Gasteiger partial charge on any atom is 0.211 e. The van der Waals surface area contributed by atoms with Crippen LogP contribution in [0, 0.1) is 23.7 Å². The molecule has 1 atom stereocenters. The molecule has 0 fully saturated rings. The van der Waals surface area contributed by atoms with Crippen molar-refractivity contribution in [2.24, 2.45) is 23.7 Å². The van der Waals surface area contributed by atoms with Crippen molar-refractivity contribution in [1.82, 2.24) is 4.72 Å². The van der Waals surface area contributed by atoms with Gasteiger partial charge in [-0.3, -0.25) is 0 Å². The van der Waals surface area contributed by atoms with E-state index in [2.05, 4.69) is 32.4 Å². The van der Waals surface area contributed by atoms with Gasteiger partial charge in [0.25, 0.3) is 0 Å². The molecule has 0 heterocycles. The van der Waals surface area contributed by atoms with Crippen LogP contribution in [0.3, 0.4) is 0 Å². The summed E-state index contributed by atoms with van der Waals surface area (Å²) in [6, 6.07) is 0. The van der Waals surface area contributed by atoms with Crippen LogP contribution in [-0.4, -0.2) is 26.6 Å². The van der Waals surface area contributed by atoms with E-state index in [1.807, 2.05) is 6.92 Å². The average Bonchev–Trinajstić information content (AvgIpc) is 2.15. The third kappa shape index (κ3) is 7.27. The molecule has 0 aliphatic rings. The molecule has 0 aliphatic heterocycles. The summed E-state index contributed by atoms with van der Waals surface area (Å²) in [6.07, 6.45) is 0. The van der Waals surface area contributed by atoms with Gasteiger partial charge in [-0.05, 0) is 23.7 Å². The van der Waals surface area contributed by atoms with Crippen LogP contribution in [-0.2, 0) is 10.0 Å². The fraction of sp³-hybridized carbons (Fsp3) is 1.00. The van der Waals surface area contributed by atoms with E-state index in [-0.39, 0.29) is 11.7 Å². The van der Waals surface area contributed by atoms with Crippen molar-refractivity contribution in [1.29, 1.82) is 0 Å². The summed E-state index contributed by atoms with van der Waals surface area (Å²) >= 11 is 5.63. The first-order chi connectivity index (χ1) is 7.69. The van der Waals surface area contributed by atoms with Crippen LogP contribution < -0.4 is 4.72 Å². The average molecular weight is 284 g/mol. The minimum atomic E-state index is -3.19. The van der Waals surface area contributed by atoms with Gasteiger partial charge in [0.1, 0.15) is 0 Å². The zero-order valence-electron chi connectivity index (χ0n) is 11.5. The molecule has 1 unspecified atom stereocenters. The third-order valence-corrected chi connectivity index (χ3v) is 5.16. The minimum absolute atomic E-state index is 0.00860. The second-order valence-corrected chi connectivity index (χ2v) is 7.70. The van der Waals surface area contributed by atoms with E-state index in [0.717, 1.165) is 0 Å². The fourth-order valence-corrected chi connectivity index (χ4v) is 3.61. The summed E-state index contributed by atoms with van der Waals surface area (Å²) in [4.78, 5) is 0.